The van der Waals surface area contributed by atoms with Gasteiger partial charge in [-0.1, -0.05) is 36.2 Å². The first-order valence-corrected chi connectivity index (χ1v) is 6.73. The Balaban J connectivity index is 2.73. The Hall–Kier alpha value is -0.320. The second kappa shape index (κ2) is 7.97. The molecule has 2 atom stereocenters. The van der Waals surface area contributed by atoms with Gasteiger partial charge in [-0.05, 0) is 36.5 Å². The Morgan fingerprint density at radius 1 is 1.33 bits per heavy atom. The van der Waals surface area contributed by atoms with Crippen molar-refractivity contribution < 1.29 is 4.74 Å². The van der Waals surface area contributed by atoms with E-state index in [-0.39, 0.29) is 6.04 Å². The summed E-state index contributed by atoms with van der Waals surface area (Å²) in [5, 5.41) is 1.36. The van der Waals surface area contributed by atoms with E-state index in [1.807, 2.05) is 18.2 Å². The van der Waals surface area contributed by atoms with E-state index in [9.17, 15) is 0 Å². The Labute approximate surface area is 119 Å². The second-order valence-corrected chi connectivity index (χ2v) is 5.25. The summed E-state index contributed by atoms with van der Waals surface area (Å²) in [6.07, 6.45) is 1.65. The van der Waals surface area contributed by atoms with E-state index in [1.165, 1.54) is 0 Å². The molecule has 0 aromatic heterocycles. The first kappa shape index (κ1) is 15.7. The van der Waals surface area contributed by atoms with E-state index in [4.69, 9.17) is 33.8 Å². The minimum atomic E-state index is 0.123. The van der Waals surface area contributed by atoms with Crippen LogP contribution in [0.5, 0.6) is 0 Å². The number of hydrogen-bond donors (Lipinski definition) is 2. The number of benzene rings is 1. The van der Waals surface area contributed by atoms with Gasteiger partial charge in [0.25, 0.3) is 0 Å². The summed E-state index contributed by atoms with van der Waals surface area (Å²) >= 11 is 12.3. The zero-order valence-corrected chi connectivity index (χ0v) is 12.3. The molecule has 0 amide bonds. The highest BCUT2D eigenvalue weighted by Crippen LogP contribution is 2.27. The molecule has 0 radical (unpaired) electrons. The van der Waals surface area contributed by atoms with Gasteiger partial charge in [0.15, 0.2) is 0 Å². The number of nitrogens with two attached hydrogens (primary N) is 1. The van der Waals surface area contributed by atoms with Crippen LogP contribution in [0.25, 0.3) is 0 Å². The topological polar surface area (TPSA) is 47.3 Å². The van der Waals surface area contributed by atoms with Crippen LogP contribution in [0.15, 0.2) is 18.2 Å². The maximum Gasteiger partial charge on any atom is 0.0465 e. The average molecular weight is 291 g/mol. The average Bonchev–Trinajstić information content (AvgIpc) is 2.35. The van der Waals surface area contributed by atoms with Gasteiger partial charge in [0, 0.05) is 29.8 Å². The number of rotatable bonds is 7. The monoisotopic (exact) mass is 290 g/mol. The molecule has 0 heterocycles. The van der Waals surface area contributed by atoms with Gasteiger partial charge < -0.3 is 4.74 Å². The van der Waals surface area contributed by atoms with Crippen molar-refractivity contribution in [1.82, 2.24) is 5.43 Å². The highest BCUT2D eigenvalue weighted by Gasteiger charge is 2.18. The summed E-state index contributed by atoms with van der Waals surface area (Å²) in [7, 11) is 1.70. The number of ether oxygens (including phenoxy) is 1. The molecule has 0 saturated carbocycles. The van der Waals surface area contributed by atoms with Gasteiger partial charge in [-0.3, -0.25) is 11.3 Å². The number of hydrogen-bond acceptors (Lipinski definition) is 3. The lowest BCUT2D eigenvalue weighted by Gasteiger charge is -2.24. The Kier molecular flexibility index (Phi) is 6.97. The predicted molar refractivity (Wildman–Crippen MR) is 76.9 cm³/mol. The molecule has 18 heavy (non-hydrogen) atoms. The van der Waals surface area contributed by atoms with E-state index in [0.29, 0.717) is 22.4 Å². The highest BCUT2D eigenvalue weighted by molar-refractivity contribution is 6.35. The lowest BCUT2D eigenvalue weighted by molar-refractivity contribution is 0.170. The van der Waals surface area contributed by atoms with Gasteiger partial charge in [0.1, 0.15) is 0 Å². The first-order chi connectivity index (χ1) is 8.60. The SMILES string of the molecule is COCCC(C)C(Cc1c(Cl)cccc1Cl)NN. The molecule has 1 aromatic carbocycles. The molecule has 0 saturated heterocycles. The van der Waals surface area contributed by atoms with Gasteiger partial charge in [0.2, 0.25) is 0 Å². The van der Waals surface area contributed by atoms with Gasteiger partial charge in [-0.2, -0.15) is 0 Å². The fourth-order valence-electron chi connectivity index (χ4n) is 1.88. The molecule has 0 aliphatic heterocycles. The Bertz CT molecular complexity index is 354. The van der Waals surface area contributed by atoms with E-state index in [0.717, 1.165) is 18.6 Å². The van der Waals surface area contributed by atoms with Gasteiger partial charge in [0.05, 0.1) is 0 Å². The van der Waals surface area contributed by atoms with Crippen LogP contribution in [0.4, 0.5) is 0 Å². The second-order valence-electron chi connectivity index (χ2n) is 4.44. The predicted octanol–water partition coefficient (Wildman–Crippen LogP) is 3.04. The van der Waals surface area contributed by atoms with Crippen molar-refractivity contribution in [1.29, 1.82) is 0 Å². The van der Waals surface area contributed by atoms with E-state index in [2.05, 4.69) is 12.3 Å². The van der Waals surface area contributed by atoms with E-state index < -0.39 is 0 Å². The number of halogens is 2. The molecule has 0 spiro atoms. The van der Waals surface area contributed by atoms with Crippen LogP contribution in [-0.4, -0.2) is 19.8 Å². The van der Waals surface area contributed by atoms with Crippen LogP contribution in [-0.2, 0) is 11.2 Å². The van der Waals surface area contributed by atoms with Crippen molar-refractivity contribution in [2.75, 3.05) is 13.7 Å². The smallest absolute Gasteiger partial charge is 0.0465 e. The summed E-state index contributed by atoms with van der Waals surface area (Å²) in [5.41, 5.74) is 3.78. The number of nitrogens with one attached hydrogen (secondary N) is 1. The normalized spacial score (nSPS) is 14.5. The summed E-state index contributed by atoms with van der Waals surface area (Å²) in [4.78, 5) is 0. The molecule has 0 fully saturated rings. The number of methoxy groups -OCH3 is 1. The molecule has 1 aromatic rings. The van der Waals surface area contributed by atoms with Crippen molar-refractivity contribution in [3.05, 3.63) is 33.8 Å². The third-order valence-electron chi connectivity index (χ3n) is 3.16. The quantitative estimate of drug-likeness (QED) is 0.599. The van der Waals surface area contributed by atoms with Crippen LogP contribution in [0.1, 0.15) is 18.9 Å². The van der Waals surface area contributed by atoms with Crippen molar-refractivity contribution in [3.63, 3.8) is 0 Å². The fourth-order valence-corrected chi connectivity index (χ4v) is 2.43. The lowest BCUT2D eigenvalue weighted by Crippen LogP contribution is -2.42. The Morgan fingerprint density at radius 2 is 1.94 bits per heavy atom. The Morgan fingerprint density at radius 3 is 2.44 bits per heavy atom. The summed E-state index contributed by atoms with van der Waals surface area (Å²) < 4.78 is 5.08. The minimum Gasteiger partial charge on any atom is -0.385 e. The van der Waals surface area contributed by atoms with Crippen LogP contribution in [0.3, 0.4) is 0 Å². The van der Waals surface area contributed by atoms with E-state index >= 15 is 0 Å². The molecule has 3 N–H and O–H groups in total. The lowest BCUT2D eigenvalue weighted by atomic mass is 9.93. The number of hydrazine groups is 1. The third kappa shape index (κ3) is 4.41. The van der Waals surface area contributed by atoms with Crippen molar-refractivity contribution >= 4 is 23.2 Å². The fraction of sp³-hybridized carbons (Fsp3) is 0.538. The van der Waals surface area contributed by atoms with Gasteiger partial charge in [-0.25, -0.2) is 0 Å². The molecule has 1 rings (SSSR count). The highest BCUT2D eigenvalue weighted by atomic mass is 35.5. The molecular formula is C13H20Cl2N2O. The summed E-state index contributed by atoms with van der Waals surface area (Å²) in [6.45, 7) is 2.85. The van der Waals surface area contributed by atoms with Gasteiger partial charge in [-0.15, -0.1) is 0 Å². The molecule has 5 heteroatoms. The molecule has 0 aliphatic rings. The minimum absolute atomic E-state index is 0.123. The van der Waals surface area contributed by atoms with Crippen LogP contribution >= 0.6 is 23.2 Å². The summed E-state index contributed by atoms with van der Waals surface area (Å²) in [5.74, 6) is 5.99. The molecule has 2 unspecified atom stereocenters. The van der Waals surface area contributed by atoms with Crippen LogP contribution < -0.4 is 11.3 Å². The van der Waals surface area contributed by atoms with Crippen molar-refractivity contribution in [2.45, 2.75) is 25.8 Å². The molecule has 0 aliphatic carbocycles. The van der Waals surface area contributed by atoms with Crippen LogP contribution in [0, 0.1) is 5.92 Å². The van der Waals surface area contributed by atoms with Crippen molar-refractivity contribution in [2.24, 2.45) is 11.8 Å². The third-order valence-corrected chi connectivity index (χ3v) is 3.87. The maximum atomic E-state index is 6.16. The van der Waals surface area contributed by atoms with E-state index in [1.54, 1.807) is 7.11 Å². The molecule has 0 bridgehead atoms. The molecule has 102 valence electrons. The zero-order valence-electron chi connectivity index (χ0n) is 10.7. The largest absolute Gasteiger partial charge is 0.385 e. The summed E-state index contributed by atoms with van der Waals surface area (Å²) in [6, 6.07) is 5.65. The molecule has 3 nitrogen and oxygen atoms in total. The molecular weight excluding hydrogens is 271 g/mol. The van der Waals surface area contributed by atoms with Crippen molar-refractivity contribution in [3.8, 4) is 0 Å². The van der Waals surface area contributed by atoms with Crippen LogP contribution in [0.2, 0.25) is 10.0 Å². The zero-order chi connectivity index (χ0) is 13.5. The maximum absolute atomic E-state index is 6.16. The standard InChI is InChI=1S/C13H20Cl2N2O/c1-9(6-7-18-2)13(17-16)8-10-11(14)4-3-5-12(10)15/h3-5,9,13,17H,6-8,16H2,1-2H3. The van der Waals surface area contributed by atoms with Gasteiger partial charge >= 0.3 is 0 Å². The first-order valence-electron chi connectivity index (χ1n) is 5.98.